The van der Waals surface area contributed by atoms with E-state index >= 15 is 0 Å². The van der Waals surface area contributed by atoms with Crippen LogP contribution in [-0.2, 0) is 19.1 Å². The first kappa shape index (κ1) is 25.5. The summed E-state index contributed by atoms with van der Waals surface area (Å²) < 4.78 is 26.4. The SMILES string of the molecule is COc1cc([C@@H](O)[C@H](COC(C)=O)Oc2ccc(C=CCOC(C)=O)cc2OC)ccc1O. The van der Waals surface area contributed by atoms with Crippen molar-refractivity contribution >= 4 is 18.0 Å². The summed E-state index contributed by atoms with van der Waals surface area (Å²) in [7, 11) is 2.86. The first-order chi connectivity index (χ1) is 15.7. The number of aliphatic hydroxyl groups is 1. The van der Waals surface area contributed by atoms with Crippen LogP contribution in [0.3, 0.4) is 0 Å². The summed E-state index contributed by atoms with van der Waals surface area (Å²) in [6, 6.07) is 9.48. The number of carbonyl (C=O) groups is 2. The predicted octanol–water partition coefficient (Wildman–Crippen LogP) is 3.03. The molecule has 33 heavy (non-hydrogen) atoms. The smallest absolute Gasteiger partial charge is 0.302 e. The van der Waals surface area contributed by atoms with Crippen LogP contribution in [-0.4, -0.2) is 55.7 Å². The van der Waals surface area contributed by atoms with Gasteiger partial charge in [-0.3, -0.25) is 9.59 Å². The normalized spacial score (nSPS) is 12.6. The third kappa shape index (κ3) is 7.73. The van der Waals surface area contributed by atoms with E-state index in [4.69, 9.17) is 23.7 Å². The van der Waals surface area contributed by atoms with Gasteiger partial charge in [-0.1, -0.05) is 18.2 Å². The molecule has 9 nitrogen and oxygen atoms in total. The van der Waals surface area contributed by atoms with Gasteiger partial charge in [0.25, 0.3) is 0 Å². The molecule has 2 aromatic carbocycles. The molecule has 2 aromatic rings. The average Bonchev–Trinajstić information content (AvgIpc) is 2.79. The molecule has 0 radical (unpaired) electrons. The molecule has 0 bridgehead atoms. The number of rotatable bonds is 11. The lowest BCUT2D eigenvalue weighted by molar-refractivity contribution is -0.145. The third-order valence-corrected chi connectivity index (χ3v) is 4.51. The standard InChI is InChI=1S/C24H28O9/c1-15(25)31-11-5-6-17-7-10-20(22(12-17)30-4)33-23(14-32-16(2)26)24(28)18-8-9-19(27)21(13-18)29-3/h5-10,12-13,23-24,27-28H,11,14H2,1-4H3/t23-,24+/m0/s1. The van der Waals surface area contributed by atoms with E-state index in [-0.39, 0.29) is 30.7 Å². The fourth-order valence-electron chi connectivity index (χ4n) is 2.88. The summed E-state index contributed by atoms with van der Waals surface area (Å²) in [4.78, 5) is 22.2. The zero-order valence-corrected chi connectivity index (χ0v) is 18.9. The van der Waals surface area contributed by atoms with Crippen LogP contribution >= 0.6 is 0 Å². The molecule has 2 N–H and O–H groups in total. The zero-order valence-electron chi connectivity index (χ0n) is 18.9. The molecular weight excluding hydrogens is 432 g/mol. The van der Waals surface area contributed by atoms with E-state index in [0.29, 0.717) is 17.1 Å². The zero-order chi connectivity index (χ0) is 24.4. The van der Waals surface area contributed by atoms with Crippen LogP contribution in [0.15, 0.2) is 42.5 Å². The molecule has 178 valence electrons. The molecule has 0 saturated heterocycles. The van der Waals surface area contributed by atoms with Gasteiger partial charge in [0.2, 0.25) is 0 Å². The average molecular weight is 460 g/mol. The molecule has 0 aliphatic rings. The number of benzene rings is 2. The van der Waals surface area contributed by atoms with Gasteiger partial charge in [0.05, 0.1) is 14.2 Å². The van der Waals surface area contributed by atoms with Crippen LogP contribution in [0.2, 0.25) is 0 Å². The highest BCUT2D eigenvalue weighted by Gasteiger charge is 2.26. The summed E-state index contributed by atoms with van der Waals surface area (Å²) in [6.45, 7) is 2.50. The molecule has 0 unspecified atom stereocenters. The Hall–Kier alpha value is -3.72. The number of carbonyl (C=O) groups excluding carboxylic acids is 2. The largest absolute Gasteiger partial charge is 0.504 e. The van der Waals surface area contributed by atoms with E-state index in [1.165, 1.54) is 46.3 Å². The van der Waals surface area contributed by atoms with Crippen molar-refractivity contribution in [3.8, 4) is 23.0 Å². The molecule has 0 aliphatic heterocycles. The van der Waals surface area contributed by atoms with Gasteiger partial charge >= 0.3 is 11.9 Å². The number of ether oxygens (including phenoxy) is 5. The topological polar surface area (TPSA) is 121 Å². The maximum atomic E-state index is 11.4. The second-order valence-corrected chi connectivity index (χ2v) is 6.95. The van der Waals surface area contributed by atoms with Gasteiger partial charge in [0.15, 0.2) is 29.1 Å². The molecule has 0 aromatic heterocycles. The molecule has 0 fully saturated rings. The van der Waals surface area contributed by atoms with Gasteiger partial charge in [-0.15, -0.1) is 0 Å². The van der Waals surface area contributed by atoms with Crippen molar-refractivity contribution in [1.29, 1.82) is 0 Å². The van der Waals surface area contributed by atoms with E-state index in [2.05, 4.69) is 0 Å². The van der Waals surface area contributed by atoms with Gasteiger partial charge in [0, 0.05) is 13.8 Å². The minimum atomic E-state index is -1.22. The van der Waals surface area contributed by atoms with Crippen LogP contribution in [0, 0.1) is 0 Å². The number of aliphatic hydroxyl groups excluding tert-OH is 1. The van der Waals surface area contributed by atoms with Gasteiger partial charge in [-0.25, -0.2) is 0 Å². The van der Waals surface area contributed by atoms with Crippen molar-refractivity contribution in [3.63, 3.8) is 0 Å². The summed E-state index contributed by atoms with van der Waals surface area (Å²) in [5, 5.41) is 20.7. The van der Waals surface area contributed by atoms with E-state index in [1.807, 2.05) is 0 Å². The van der Waals surface area contributed by atoms with Crippen molar-refractivity contribution in [3.05, 3.63) is 53.6 Å². The monoisotopic (exact) mass is 460 g/mol. The Balaban J connectivity index is 2.26. The fraction of sp³-hybridized carbons (Fsp3) is 0.333. The summed E-state index contributed by atoms with van der Waals surface area (Å²) in [5.74, 6) is -0.0985. The summed E-state index contributed by atoms with van der Waals surface area (Å²) in [6.07, 6.45) is 1.24. The van der Waals surface area contributed by atoms with Gasteiger partial charge in [0.1, 0.15) is 19.3 Å². The highest BCUT2D eigenvalue weighted by atomic mass is 16.6. The van der Waals surface area contributed by atoms with E-state index in [1.54, 1.807) is 30.4 Å². The molecule has 0 saturated carbocycles. The highest BCUT2D eigenvalue weighted by molar-refractivity contribution is 5.66. The lowest BCUT2D eigenvalue weighted by Crippen LogP contribution is -2.31. The first-order valence-electron chi connectivity index (χ1n) is 10.1. The minimum absolute atomic E-state index is 0.0788. The van der Waals surface area contributed by atoms with Crippen LogP contribution in [0.4, 0.5) is 0 Å². The minimum Gasteiger partial charge on any atom is -0.504 e. The fourth-order valence-corrected chi connectivity index (χ4v) is 2.88. The molecule has 0 heterocycles. The second kappa shape index (κ2) is 12.4. The van der Waals surface area contributed by atoms with Crippen LogP contribution < -0.4 is 14.2 Å². The molecule has 9 heteroatoms. The van der Waals surface area contributed by atoms with Gasteiger partial charge < -0.3 is 33.9 Å². The molecular formula is C24H28O9. The quantitative estimate of drug-likeness (QED) is 0.487. The maximum Gasteiger partial charge on any atom is 0.302 e. The molecule has 0 spiro atoms. The van der Waals surface area contributed by atoms with Crippen molar-refractivity contribution in [2.75, 3.05) is 27.4 Å². The van der Waals surface area contributed by atoms with Crippen molar-refractivity contribution < 1.29 is 43.5 Å². The van der Waals surface area contributed by atoms with Crippen LogP contribution in [0.1, 0.15) is 31.1 Å². The van der Waals surface area contributed by atoms with Crippen LogP contribution in [0.25, 0.3) is 6.08 Å². The van der Waals surface area contributed by atoms with E-state index in [9.17, 15) is 19.8 Å². The number of esters is 2. The van der Waals surface area contributed by atoms with Crippen molar-refractivity contribution in [2.45, 2.75) is 26.1 Å². The lowest BCUT2D eigenvalue weighted by atomic mass is 10.0. The number of phenols is 1. The molecule has 2 atom stereocenters. The summed E-state index contributed by atoms with van der Waals surface area (Å²) >= 11 is 0. The maximum absolute atomic E-state index is 11.4. The second-order valence-electron chi connectivity index (χ2n) is 6.95. The number of hydrogen-bond acceptors (Lipinski definition) is 9. The molecule has 2 rings (SSSR count). The van der Waals surface area contributed by atoms with Gasteiger partial charge in [-0.05, 0) is 41.5 Å². The van der Waals surface area contributed by atoms with E-state index < -0.39 is 18.2 Å². The lowest BCUT2D eigenvalue weighted by Gasteiger charge is -2.25. The van der Waals surface area contributed by atoms with Crippen molar-refractivity contribution in [2.24, 2.45) is 0 Å². The number of aromatic hydroxyl groups is 1. The Kier molecular flexibility index (Phi) is 9.56. The number of hydrogen-bond donors (Lipinski definition) is 2. The highest BCUT2D eigenvalue weighted by Crippen LogP contribution is 2.34. The molecule has 0 amide bonds. The Bertz CT molecular complexity index is 984. The summed E-state index contributed by atoms with van der Waals surface area (Å²) in [5.41, 5.74) is 1.16. The predicted molar refractivity (Wildman–Crippen MR) is 119 cm³/mol. The first-order valence-corrected chi connectivity index (χ1v) is 10.1. The molecule has 0 aliphatic carbocycles. The Morgan fingerprint density at radius 2 is 1.64 bits per heavy atom. The Morgan fingerprint density at radius 1 is 0.939 bits per heavy atom. The Morgan fingerprint density at radius 3 is 2.27 bits per heavy atom. The van der Waals surface area contributed by atoms with Crippen LogP contribution in [0.5, 0.6) is 23.0 Å². The number of phenolic OH excluding ortho intramolecular Hbond substituents is 1. The number of methoxy groups -OCH3 is 2. The Labute approximate surface area is 192 Å². The van der Waals surface area contributed by atoms with Crippen molar-refractivity contribution in [1.82, 2.24) is 0 Å². The van der Waals surface area contributed by atoms with Gasteiger partial charge in [-0.2, -0.15) is 0 Å². The third-order valence-electron chi connectivity index (χ3n) is 4.51. The van der Waals surface area contributed by atoms with E-state index in [0.717, 1.165) is 5.56 Å².